The first-order chi connectivity index (χ1) is 7.65. The first-order valence-corrected chi connectivity index (χ1v) is 5.18. The Bertz CT molecular complexity index is 372. The van der Waals surface area contributed by atoms with Crippen LogP contribution in [0.5, 0.6) is 0 Å². The number of nitrogens with zero attached hydrogens (tertiary/aromatic N) is 2. The van der Waals surface area contributed by atoms with Crippen LogP contribution in [-0.4, -0.2) is 25.1 Å². The number of rotatable bonds is 5. The van der Waals surface area contributed by atoms with Gasteiger partial charge in [-0.3, -0.25) is 13.6 Å². The van der Waals surface area contributed by atoms with E-state index >= 15 is 0 Å². The lowest BCUT2D eigenvalue weighted by Crippen LogP contribution is -2.16. The molecule has 0 amide bonds. The lowest BCUT2D eigenvalue weighted by atomic mass is 10.0. The molecule has 1 atom stereocenters. The van der Waals surface area contributed by atoms with E-state index in [9.17, 15) is 8.63 Å². The number of hydrogen-bond acceptors (Lipinski definition) is 1. The molecule has 0 fully saturated rings. The summed E-state index contributed by atoms with van der Waals surface area (Å²) in [4.78, 5) is 3.81. The van der Waals surface area contributed by atoms with Crippen LogP contribution in [0.2, 0.25) is 0 Å². The molecule has 1 aromatic rings. The van der Waals surface area contributed by atoms with Gasteiger partial charge in [-0.2, -0.15) is 0 Å². The summed E-state index contributed by atoms with van der Waals surface area (Å²) in [7, 11) is -0.768. The molecule has 1 heterocycles. The average Bonchev–Trinajstić information content (AvgIpc) is 2.66. The molecular weight excluding hydrogens is 209 g/mol. The summed E-state index contributed by atoms with van der Waals surface area (Å²) in [6, 6.07) is 3.37. The zero-order valence-corrected chi connectivity index (χ0v) is 9.48. The Morgan fingerprint density at radius 1 is 1.56 bits per heavy atom. The topological polar surface area (TPSA) is 17.3 Å². The molecule has 0 bridgehead atoms. The molecule has 0 aliphatic carbocycles. The van der Waals surface area contributed by atoms with E-state index in [0.29, 0.717) is 12.1 Å². The highest BCUT2D eigenvalue weighted by Gasteiger charge is 2.19. The van der Waals surface area contributed by atoms with E-state index in [1.807, 2.05) is 19.1 Å². The van der Waals surface area contributed by atoms with Gasteiger partial charge in [-0.05, 0) is 36.7 Å². The summed E-state index contributed by atoms with van der Waals surface area (Å²) in [5, 5.41) is 0. The van der Waals surface area contributed by atoms with Crippen molar-refractivity contribution in [2.24, 2.45) is 10.9 Å². The molecule has 16 heavy (non-hydrogen) atoms. The van der Waals surface area contributed by atoms with Crippen molar-refractivity contribution in [1.29, 1.82) is 0 Å². The highest BCUT2D eigenvalue weighted by atomic mass is 19.2. The van der Waals surface area contributed by atoms with Gasteiger partial charge in [-0.1, -0.05) is 13.0 Å². The summed E-state index contributed by atoms with van der Waals surface area (Å²) < 4.78 is 26.1. The van der Waals surface area contributed by atoms with Crippen LogP contribution < -0.4 is 0 Å². The third-order valence-corrected chi connectivity index (χ3v) is 2.28. The minimum atomic E-state index is -2.46. The predicted molar refractivity (Wildman–Crippen MR) is 64.2 cm³/mol. The van der Waals surface area contributed by atoms with E-state index in [4.69, 9.17) is 0 Å². The highest BCUT2D eigenvalue weighted by molar-refractivity contribution is 6.40. The SMILES string of the molecule is C/N=C/C=C\C(C)Cc1cccn1B(F)F. The van der Waals surface area contributed by atoms with Crippen molar-refractivity contribution in [2.45, 2.75) is 13.3 Å². The Morgan fingerprint density at radius 2 is 2.31 bits per heavy atom. The van der Waals surface area contributed by atoms with Gasteiger partial charge >= 0.3 is 7.40 Å². The van der Waals surface area contributed by atoms with Crippen LogP contribution >= 0.6 is 0 Å². The van der Waals surface area contributed by atoms with E-state index < -0.39 is 7.40 Å². The second-order valence-electron chi connectivity index (χ2n) is 3.66. The van der Waals surface area contributed by atoms with Crippen LogP contribution in [0.3, 0.4) is 0 Å². The molecule has 5 heteroatoms. The Labute approximate surface area is 94.9 Å². The largest absolute Gasteiger partial charge is 0.677 e. The normalized spacial score (nSPS) is 13.8. The van der Waals surface area contributed by atoms with Gasteiger partial charge in [-0.25, -0.2) is 0 Å². The molecule has 0 saturated carbocycles. The van der Waals surface area contributed by atoms with Crippen molar-refractivity contribution in [3.05, 3.63) is 36.2 Å². The van der Waals surface area contributed by atoms with Crippen molar-refractivity contribution >= 4 is 13.6 Å². The van der Waals surface area contributed by atoms with E-state index in [0.717, 1.165) is 4.48 Å². The van der Waals surface area contributed by atoms with Crippen molar-refractivity contribution in [2.75, 3.05) is 7.05 Å². The van der Waals surface area contributed by atoms with Gasteiger partial charge in [0.05, 0.1) is 0 Å². The van der Waals surface area contributed by atoms with Crippen LogP contribution in [0.25, 0.3) is 0 Å². The van der Waals surface area contributed by atoms with Gasteiger partial charge in [0, 0.05) is 19.0 Å². The Balaban J connectivity index is 2.62. The lowest BCUT2D eigenvalue weighted by Gasteiger charge is -2.08. The van der Waals surface area contributed by atoms with Crippen LogP contribution in [0.15, 0.2) is 35.5 Å². The zero-order valence-electron chi connectivity index (χ0n) is 9.48. The minimum Gasteiger partial charge on any atom is -0.336 e. The molecule has 86 valence electrons. The Hall–Kier alpha value is -1.39. The fourth-order valence-corrected chi connectivity index (χ4v) is 1.52. The fraction of sp³-hybridized carbons (Fsp3) is 0.364. The molecular formula is C11H15BF2N2. The van der Waals surface area contributed by atoms with Gasteiger partial charge in [0.1, 0.15) is 0 Å². The summed E-state index contributed by atoms with van der Waals surface area (Å²) in [6.07, 6.45) is 7.48. The smallest absolute Gasteiger partial charge is 0.336 e. The van der Waals surface area contributed by atoms with Gasteiger partial charge < -0.3 is 4.48 Å². The predicted octanol–water partition coefficient (Wildman–Crippen LogP) is 2.70. The van der Waals surface area contributed by atoms with Gasteiger partial charge in [-0.15, -0.1) is 0 Å². The molecule has 0 saturated heterocycles. The minimum absolute atomic E-state index is 0.213. The maximum Gasteiger partial charge on any atom is 0.677 e. The highest BCUT2D eigenvalue weighted by Crippen LogP contribution is 2.12. The van der Waals surface area contributed by atoms with Crippen LogP contribution in [-0.2, 0) is 6.42 Å². The first-order valence-electron chi connectivity index (χ1n) is 5.18. The molecule has 0 aliphatic rings. The molecule has 1 unspecified atom stereocenters. The van der Waals surface area contributed by atoms with E-state index in [1.165, 1.54) is 6.20 Å². The Morgan fingerprint density at radius 3 is 2.94 bits per heavy atom. The quantitative estimate of drug-likeness (QED) is 0.540. The van der Waals surface area contributed by atoms with Crippen molar-refractivity contribution in [3.8, 4) is 0 Å². The molecule has 0 aromatic carbocycles. The second kappa shape index (κ2) is 6.25. The molecule has 1 aromatic heterocycles. The summed E-state index contributed by atoms with van der Waals surface area (Å²) in [5.41, 5.74) is 0.653. The number of halogens is 2. The van der Waals surface area contributed by atoms with Gasteiger partial charge in [0.2, 0.25) is 0 Å². The Kier molecular flexibility index (Phi) is 4.96. The number of hydrogen-bond donors (Lipinski definition) is 0. The van der Waals surface area contributed by atoms with Crippen LogP contribution in [0, 0.1) is 5.92 Å². The third-order valence-electron chi connectivity index (χ3n) is 2.28. The van der Waals surface area contributed by atoms with Gasteiger partial charge in [0.15, 0.2) is 0 Å². The second-order valence-corrected chi connectivity index (χ2v) is 3.66. The number of aliphatic imine (C=N–C) groups is 1. The average molecular weight is 224 g/mol. The molecule has 0 N–H and O–H groups in total. The summed E-state index contributed by atoms with van der Waals surface area (Å²) in [6.45, 7) is 1.99. The zero-order chi connectivity index (χ0) is 12.0. The lowest BCUT2D eigenvalue weighted by molar-refractivity contribution is 0.610. The maximum absolute atomic E-state index is 12.5. The monoisotopic (exact) mass is 224 g/mol. The van der Waals surface area contributed by atoms with Crippen molar-refractivity contribution in [1.82, 2.24) is 4.48 Å². The molecule has 0 radical (unpaired) electrons. The van der Waals surface area contributed by atoms with Crippen LogP contribution in [0.1, 0.15) is 12.6 Å². The van der Waals surface area contributed by atoms with Gasteiger partial charge in [0.25, 0.3) is 0 Å². The first kappa shape index (κ1) is 12.7. The summed E-state index contributed by atoms with van der Waals surface area (Å²) in [5.74, 6) is 0.213. The number of aromatic nitrogens is 1. The third kappa shape index (κ3) is 3.64. The number of allylic oxidation sites excluding steroid dienone is 2. The molecule has 1 rings (SSSR count). The van der Waals surface area contributed by atoms with E-state index in [2.05, 4.69) is 4.99 Å². The summed E-state index contributed by atoms with van der Waals surface area (Å²) >= 11 is 0. The standard InChI is InChI=1S/C11H15BF2N2/c1-10(5-3-7-15-2)9-11-6-4-8-16(11)12(13)14/h3-8,10H,9H2,1-2H3/b5-3-,15-7+. The molecule has 0 spiro atoms. The maximum atomic E-state index is 12.5. The van der Waals surface area contributed by atoms with Crippen LogP contribution in [0.4, 0.5) is 8.63 Å². The van der Waals surface area contributed by atoms with E-state index in [1.54, 1.807) is 25.4 Å². The van der Waals surface area contributed by atoms with Crippen molar-refractivity contribution < 1.29 is 8.63 Å². The molecule has 2 nitrogen and oxygen atoms in total. The molecule has 0 aliphatic heterocycles. The van der Waals surface area contributed by atoms with E-state index in [-0.39, 0.29) is 5.92 Å². The van der Waals surface area contributed by atoms with Crippen molar-refractivity contribution in [3.63, 3.8) is 0 Å². The fourth-order valence-electron chi connectivity index (χ4n) is 1.52.